The molecule has 2 aromatic rings. The zero-order chi connectivity index (χ0) is 13.1. The highest BCUT2D eigenvalue weighted by Crippen LogP contribution is 2.38. The highest BCUT2D eigenvalue weighted by atomic mass is 35.5. The maximum Gasteiger partial charge on any atom is 0.245 e. The molecule has 0 amide bonds. The molecule has 100 valence electrons. The van der Waals surface area contributed by atoms with Crippen molar-refractivity contribution >= 4 is 29.1 Å². The lowest BCUT2D eigenvalue weighted by Gasteiger charge is -2.02. The molecule has 0 saturated carbocycles. The van der Waals surface area contributed by atoms with Gasteiger partial charge in [-0.05, 0) is 42.9 Å². The fourth-order valence-corrected chi connectivity index (χ4v) is 3.32. The lowest BCUT2D eigenvalue weighted by molar-refractivity contribution is 0.377. The van der Waals surface area contributed by atoms with Gasteiger partial charge in [-0.2, -0.15) is 16.7 Å². The van der Waals surface area contributed by atoms with Crippen LogP contribution in [0.25, 0.3) is 0 Å². The molecule has 1 aliphatic rings. The molecule has 1 N–H and O–H groups in total. The van der Waals surface area contributed by atoms with Gasteiger partial charge >= 0.3 is 0 Å². The Hall–Kier alpha value is -1.20. The number of aromatic nitrogens is 2. The molecule has 4 nitrogen and oxygen atoms in total. The number of thioether (sulfide) groups is 1. The Morgan fingerprint density at radius 1 is 1.37 bits per heavy atom. The van der Waals surface area contributed by atoms with E-state index in [1.807, 2.05) is 36.0 Å². The molecular weight excluding hydrogens is 282 g/mol. The summed E-state index contributed by atoms with van der Waals surface area (Å²) >= 11 is 7.74. The summed E-state index contributed by atoms with van der Waals surface area (Å²) in [5.41, 5.74) is 0.986. The molecule has 1 atom stereocenters. The minimum Gasteiger partial charge on any atom is -0.376 e. The van der Waals surface area contributed by atoms with Gasteiger partial charge < -0.3 is 9.84 Å². The van der Waals surface area contributed by atoms with Gasteiger partial charge in [0, 0.05) is 10.7 Å². The van der Waals surface area contributed by atoms with E-state index in [2.05, 4.69) is 15.5 Å². The summed E-state index contributed by atoms with van der Waals surface area (Å²) in [6.45, 7) is 0.534. The first-order valence-electron chi connectivity index (χ1n) is 6.25. The van der Waals surface area contributed by atoms with Gasteiger partial charge in [0.25, 0.3) is 0 Å². The highest BCUT2D eigenvalue weighted by Gasteiger charge is 2.22. The second-order valence-electron chi connectivity index (χ2n) is 4.41. The lowest BCUT2D eigenvalue weighted by Crippen LogP contribution is -2.00. The van der Waals surface area contributed by atoms with E-state index in [1.54, 1.807) is 0 Å². The third-order valence-electron chi connectivity index (χ3n) is 2.99. The predicted molar refractivity (Wildman–Crippen MR) is 77.5 cm³/mol. The number of halogens is 1. The number of anilines is 1. The van der Waals surface area contributed by atoms with Crippen LogP contribution in [0.1, 0.15) is 29.8 Å². The van der Waals surface area contributed by atoms with Crippen LogP contribution >= 0.6 is 23.4 Å². The molecule has 0 spiro atoms. The molecule has 3 rings (SSSR count). The van der Waals surface area contributed by atoms with E-state index in [0.29, 0.717) is 17.7 Å². The van der Waals surface area contributed by atoms with E-state index < -0.39 is 0 Å². The second-order valence-corrected chi connectivity index (χ2v) is 6.16. The molecule has 0 bridgehead atoms. The average Bonchev–Trinajstić information content (AvgIpc) is 3.09. The molecule has 1 aromatic carbocycles. The average molecular weight is 296 g/mol. The van der Waals surface area contributed by atoms with E-state index in [1.165, 1.54) is 12.2 Å². The fourth-order valence-electron chi connectivity index (χ4n) is 2.00. The first-order chi connectivity index (χ1) is 9.31. The number of nitrogens with zero attached hydrogens (tertiary/aromatic N) is 2. The van der Waals surface area contributed by atoms with Gasteiger partial charge in [-0.3, -0.25) is 0 Å². The fraction of sp³-hybridized carbons (Fsp3) is 0.385. The molecule has 0 aliphatic carbocycles. The topological polar surface area (TPSA) is 51.0 Å². The summed E-state index contributed by atoms with van der Waals surface area (Å²) in [4.78, 5) is 4.44. The molecule has 1 fully saturated rings. The van der Waals surface area contributed by atoms with Crippen molar-refractivity contribution in [1.29, 1.82) is 0 Å². The van der Waals surface area contributed by atoms with Crippen LogP contribution in [0.5, 0.6) is 0 Å². The van der Waals surface area contributed by atoms with Crippen molar-refractivity contribution in [2.45, 2.75) is 24.6 Å². The van der Waals surface area contributed by atoms with Gasteiger partial charge in [-0.25, -0.2) is 0 Å². The van der Waals surface area contributed by atoms with Gasteiger partial charge in [-0.15, -0.1) is 0 Å². The lowest BCUT2D eigenvalue weighted by atomic mass is 10.2. The first-order valence-corrected chi connectivity index (χ1v) is 7.67. The third kappa shape index (κ3) is 3.22. The smallest absolute Gasteiger partial charge is 0.245 e. The Labute approximate surface area is 120 Å². The Morgan fingerprint density at radius 3 is 2.95 bits per heavy atom. The van der Waals surface area contributed by atoms with Crippen LogP contribution < -0.4 is 5.32 Å². The monoisotopic (exact) mass is 295 g/mol. The molecule has 1 unspecified atom stereocenters. The van der Waals surface area contributed by atoms with Gasteiger partial charge in [0.05, 0.1) is 11.8 Å². The Morgan fingerprint density at radius 2 is 2.21 bits per heavy atom. The Kier molecular flexibility index (Phi) is 3.94. The second kappa shape index (κ2) is 5.84. The van der Waals surface area contributed by atoms with Crippen LogP contribution in [-0.4, -0.2) is 15.9 Å². The number of rotatable bonds is 4. The van der Waals surface area contributed by atoms with Gasteiger partial charge in [0.15, 0.2) is 5.82 Å². The van der Waals surface area contributed by atoms with Crippen LogP contribution in [0.4, 0.5) is 5.69 Å². The zero-order valence-electron chi connectivity index (χ0n) is 10.3. The molecule has 1 saturated heterocycles. The van der Waals surface area contributed by atoms with Crippen molar-refractivity contribution in [3.63, 3.8) is 0 Å². The maximum atomic E-state index is 5.83. The summed E-state index contributed by atoms with van der Waals surface area (Å²) in [7, 11) is 0. The Bertz CT molecular complexity index is 537. The molecule has 2 heterocycles. The summed E-state index contributed by atoms with van der Waals surface area (Å²) < 4.78 is 5.26. The van der Waals surface area contributed by atoms with Gasteiger partial charge in [-0.1, -0.05) is 16.8 Å². The van der Waals surface area contributed by atoms with E-state index >= 15 is 0 Å². The van der Waals surface area contributed by atoms with E-state index in [4.69, 9.17) is 16.1 Å². The number of hydrogen-bond donors (Lipinski definition) is 1. The standard InChI is InChI=1S/C13H14ClN3OS/c14-9-3-5-10(6-4-9)15-8-12-16-13(17-18-12)11-2-1-7-19-11/h3-6,11,15H,1-2,7-8H2. The van der Waals surface area contributed by atoms with Crippen LogP contribution in [0.15, 0.2) is 28.8 Å². The first kappa shape index (κ1) is 12.8. The number of hydrogen-bond acceptors (Lipinski definition) is 5. The van der Waals surface area contributed by atoms with Crippen molar-refractivity contribution in [1.82, 2.24) is 10.1 Å². The van der Waals surface area contributed by atoms with E-state index in [-0.39, 0.29) is 0 Å². The minimum absolute atomic E-state index is 0.410. The van der Waals surface area contributed by atoms with E-state index in [0.717, 1.165) is 23.0 Å². The molecule has 1 aromatic heterocycles. The largest absolute Gasteiger partial charge is 0.376 e. The summed E-state index contributed by atoms with van der Waals surface area (Å²) in [6, 6.07) is 7.54. The van der Waals surface area contributed by atoms with Crippen LogP contribution in [0, 0.1) is 0 Å². The van der Waals surface area contributed by atoms with Gasteiger partial charge in [0.2, 0.25) is 5.89 Å². The predicted octanol–water partition coefficient (Wildman–Crippen LogP) is 3.90. The molecule has 19 heavy (non-hydrogen) atoms. The summed E-state index contributed by atoms with van der Waals surface area (Å²) in [5.74, 6) is 2.64. The molecule has 0 radical (unpaired) electrons. The van der Waals surface area contributed by atoms with Gasteiger partial charge in [0.1, 0.15) is 0 Å². The van der Waals surface area contributed by atoms with Crippen LogP contribution in [0.2, 0.25) is 5.02 Å². The van der Waals surface area contributed by atoms with Crippen molar-refractivity contribution in [2.24, 2.45) is 0 Å². The van der Waals surface area contributed by atoms with E-state index in [9.17, 15) is 0 Å². The van der Waals surface area contributed by atoms with Crippen molar-refractivity contribution in [3.05, 3.63) is 41.0 Å². The minimum atomic E-state index is 0.410. The summed E-state index contributed by atoms with van der Waals surface area (Å²) in [6.07, 6.45) is 2.39. The summed E-state index contributed by atoms with van der Waals surface area (Å²) in [5, 5.41) is 8.42. The molecular formula is C13H14ClN3OS. The normalized spacial score (nSPS) is 18.7. The SMILES string of the molecule is Clc1ccc(NCc2nc(C3CCCS3)no2)cc1. The van der Waals surface area contributed by atoms with Crippen molar-refractivity contribution < 1.29 is 4.52 Å². The highest BCUT2D eigenvalue weighted by molar-refractivity contribution is 7.99. The zero-order valence-corrected chi connectivity index (χ0v) is 11.9. The third-order valence-corrected chi connectivity index (χ3v) is 4.61. The van der Waals surface area contributed by atoms with Crippen LogP contribution in [0.3, 0.4) is 0 Å². The van der Waals surface area contributed by atoms with Crippen LogP contribution in [-0.2, 0) is 6.54 Å². The van der Waals surface area contributed by atoms with Crippen molar-refractivity contribution in [2.75, 3.05) is 11.1 Å². The maximum absolute atomic E-state index is 5.83. The number of nitrogens with one attached hydrogen (secondary N) is 1. The Balaban J connectivity index is 1.59. The molecule has 6 heteroatoms. The van der Waals surface area contributed by atoms with Crippen molar-refractivity contribution in [3.8, 4) is 0 Å². The quantitative estimate of drug-likeness (QED) is 0.927. The molecule has 1 aliphatic heterocycles. The number of benzene rings is 1.